The van der Waals surface area contributed by atoms with E-state index in [2.05, 4.69) is 5.32 Å². The Kier molecular flexibility index (Phi) is 6.71. The van der Waals surface area contributed by atoms with Crippen molar-refractivity contribution in [3.8, 4) is 0 Å². The van der Waals surface area contributed by atoms with Crippen molar-refractivity contribution in [1.29, 1.82) is 0 Å². The molecule has 3 rings (SSSR count). The summed E-state index contributed by atoms with van der Waals surface area (Å²) in [5.74, 6) is -1.07. The Morgan fingerprint density at radius 2 is 1.50 bits per heavy atom. The maximum absolute atomic E-state index is 13.2. The Bertz CT molecular complexity index is 803. The molecule has 1 aliphatic heterocycles. The molecular weight excluding hydrogens is 364 g/mol. The molecule has 1 fully saturated rings. The summed E-state index contributed by atoms with van der Waals surface area (Å²) in [6, 6.07) is 11.2. The zero-order valence-corrected chi connectivity index (χ0v) is 15.5. The van der Waals surface area contributed by atoms with Gasteiger partial charge in [0, 0.05) is 51.3 Å². The van der Waals surface area contributed by atoms with Crippen molar-refractivity contribution in [3.63, 3.8) is 0 Å². The second-order valence-corrected chi connectivity index (χ2v) is 6.74. The van der Waals surface area contributed by atoms with Gasteiger partial charge in [-0.25, -0.2) is 8.78 Å². The van der Waals surface area contributed by atoms with Crippen molar-refractivity contribution < 1.29 is 18.4 Å². The van der Waals surface area contributed by atoms with Gasteiger partial charge in [-0.15, -0.1) is 0 Å². The molecule has 7 heteroatoms. The van der Waals surface area contributed by atoms with Crippen LogP contribution in [0.4, 0.5) is 8.78 Å². The Balaban J connectivity index is 1.71. The molecule has 0 unspecified atom stereocenters. The minimum atomic E-state index is -0.421. The van der Waals surface area contributed by atoms with E-state index in [0.29, 0.717) is 18.7 Å². The fourth-order valence-corrected chi connectivity index (χ4v) is 3.14. The van der Waals surface area contributed by atoms with Crippen molar-refractivity contribution >= 4 is 11.8 Å². The van der Waals surface area contributed by atoms with Crippen LogP contribution in [0.25, 0.3) is 0 Å². The molecule has 2 aromatic rings. The highest BCUT2D eigenvalue weighted by Gasteiger charge is 2.21. The fraction of sp³-hybridized carbons (Fsp3) is 0.333. The molecule has 0 atom stereocenters. The Hall–Kier alpha value is -2.80. The number of piperazine rings is 1. The van der Waals surface area contributed by atoms with Gasteiger partial charge in [-0.2, -0.15) is 0 Å². The van der Waals surface area contributed by atoms with E-state index in [0.717, 1.165) is 18.7 Å². The molecule has 0 spiro atoms. The first-order valence-electron chi connectivity index (χ1n) is 9.31. The van der Waals surface area contributed by atoms with Gasteiger partial charge < -0.3 is 15.1 Å². The molecule has 0 saturated carbocycles. The van der Waals surface area contributed by atoms with Gasteiger partial charge in [-0.05, 0) is 42.0 Å². The molecule has 148 valence electrons. The topological polar surface area (TPSA) is 52.7 Å². The van der Waals surface area contributed by atoms with E-state index in [-0.39, 0.29) is 37.1 Å². The third-order valence-electron chi connectivity index (χ3n) is 4.73. The van der Waals surface area contributed by atoms with E-state index in [9.17, 15) is 18.4 Å². The zero-order valence-electron chi connectivity index (χ0n) is 15.5. The molecule has 5 nitrogen and oxygen atoms in total. The molecule has 28 heavy (non-hydrogen) atoms. The number of amides is 2. The quantitative estimate of drug-likeness (QED) is 0.828. The van der Waals surface area contributed by atoms with E-state index in [1.165, 1.54) is 36.4 Å². The van der Waals surface area contributed by atoms with E-state index in [4.69, 9.17) is 0 Å². The van der Waals surface area contributed by atoms with Crippen LogP contribution in [0.15, 0.2) is 48.5 Å². The molecule has 2 aromatic carbocycles. The monoisotopic (exact) mass is 387 g/mol. The minimum absolute atomic E-state index is 0.00230. The number of hydrogen-bond acceptors (Lipinski definition) is 3. The number of nitrogens with zero attached hydrogens (tertiary/aromatic N) is 2. The second kappa shape index (κ2) is 9.41. The lowest BCUT2D eigenvalue weighted by Gasteiger charge is -2.29. The van der Waals surface area contributed by atoms with Crippen LogP contribution in [0.3, 0.4) is 0 Å². The molecule has 0 aromatic heterocycles. The maximum Gasteiger partial charge on any atom is 0.254 e. The highest BCUT2D eigenvalue weighted by atomic mass is 19.1. The van der Waals surface area contributed by atoms with Gasteiger partial charge in [-0.3, -0.25) is 9.59 Å². The fourth-order valence-electron chi connectivity index (χ4n) is 3.14. The predicted molar refractivity (Wildman–Crippen MR) is 102 cm³/mol. The predicted octanol–water partition coefficient (Wildman–Crippen LogP) is 2.43. The van der Waals surface area contributed by atoms with E-state index in [1.54, 1.807) is 21.9 Å². The van der Waals surface area contributed by atoms with Gasteiger partial charge in [0.25, 0.3) is 5.91 Å². The molecule has 0 aliphatic carbocycles. The molecule has 1 saturated heterocycles. The van der Waals surface area contributed by atoms with E-state index < -0.39 is 5.82 Å². The van der Waals surface area contributed by atoms with Crippen LogP contribution in [0.5, 0.6) is 0 Å². The molecule has 2 amide bonds. The van der Waals surface area contributed by atoms with Crippen molar-refractivity contribution in [2.75, 3.05) is 32.7 Å². The van der Waals surface area contributed by atoms with Gasteiger partial charge >= 0.3 is 0 Å². The second-order valence-electron chi connectivity index (χ2n) is 6.74. The average molecular weight is 387 g/mol. The van der Waals surface area contributed by atoms with Gasteiger partial charge in [0.05, 0.1) is 0 Å². The summed E-state index contributed by atoms with van der Waals surface area (Å²) in [7, 11) is 0. The standard InChI is InChI=1S/C21H23F2N3O2/c22-18-5-1-16(2-6-18)15-26(21(28)17-3-7-19(23)8-4-17)12-9-20(27)25-13-10-24-11-14-25/h1-8,24H,9-15H2. The maximum atomic E-state index is 13.2. The molecule has 0 radical (unpaired) electrons. The Morgan fingerprint density at radius 3 is 2.11 bits per heavy atom. The molecule has 0 bridgehead atoms. The van der Waals surface area contributed by atoms with Gasteiger partial charge in [0.2, 0.25) is 5.91 Å². The molecule has 1 heterocycles. The summed E-state index contributed by atoms with van der Waals surface area (Å²) in [5.41, 5.74) is 1.10. The summed E-state index contributed by atoms with van der Waals surface area (Å²) < 4.78 is 26.4. The van der Waals surface area contributed by atoms with Crippen molar-refractivity contribution in [1.82, 2.24) is 15.1 Å². The highest BCUT2D eigenvalue weighted by molar-refractivity contribution is 5.94. The van der Waals surface area contributed by atoms with Crippen LogP contribution >= 0.6 is 0 Å². The summed E-state index contributed by atoms with van der Waals surface area (Å²) in [5, 5.41) is 3.20. The normalized spacial score (nSPS) is 14.0. The first-order valence-corrected chi connectivity index (χ1v) is 9.31. The van der Waals surface area contributed by atoms with Crippen molar-refractivity contribution in [3.05, 3.63) is 71.3 Å². The average Bonchev–Trinajstić information content (AvgIpc) is 2.73. The smallest absolute Gasteiger partial charge is 0.254 e. The molecular formula is C21H23F2N3O2. The zero-order chi connectivity index (χ0) is 19.9. The van der Waals surface area contributed by atoms with Crippen LogP contribution in [-0.2, 0) is 11.3 Å². The van der Waals surface area contributed by atoms with Gasteiger partial charge in [0.15, 0.2) is 0 Å². The SMILES string of the molecule is O=C(CCN(Cc1ccc(F)cc1)C(=O)c1ccc(F)cc1)N1CCNCC1. The summed E-state index contributed by atoms with van der Waals surface area (Å²) in [6.45, 7) is 3.31. The summed E-state index contributed by atoms with van der Waals surface area (Å²) in [4.78, 5) is 28.7. The van der Waals surface area contributed by atoms with Crippen LogP contribution in [0, 0.1) is 11.6 Å². The number of carbonyl (C=O) groups excluding carboxylic acids is 2. The molecule has 1 aliphatic rings. The number of halogens is 2. The Morgan fingerprint density at radius 1 is 0.929 bits per heavy atom. The lowest BCUT2D eigenvalue weighted by Crippen LogP contribution is -2.47. The van der Waals surface area contributed by atoms with Crippen molar-refractivity contribution in [2.45, 2.75) is 13.0 Å². The van der Waals surface area contributed by atoms with Crippen LogP contribution in [-0.4, -0.2) is 54.3 Å². The number of nitrogens with one attached hydrogen (secondary N) is 1. The summed E-state index contributed by atoms with van der Waals surface area (Å²) in [6.07, 6.45) is 0.203. The van der Waals surface area contributed by atoms with Crippen molar-refractivity contribution in [2.24, 2.45) is 0 Å². The summed E-state index contributed by atoms with van der Waals surface area (Å²) >= 11 is 0. The lowest BCUT2D eigenvalue weighted by atomic mass is 10.1. The number of rotatable bonds is 6. The third-order valence-corrected chi connectivity index (χ3v) is 4.73. The minimum Gasteiger partial charge on any atom is -0.340 e. The Labute approximate surface area is 162 Å². The van der Waals surface area contributed by atoms with E-state index >= 15 is 0 Å². The first kappa shape index (κ1) is 19.9. The largest absolute Gasteiger partial charge is 0.340 e. The van der Waals surface area contributed by atoms with Crippen LogP contribution in [0.1, 0.15) is 22.3 Å². The number of hydrogen-bond donors (Lipinski definition) is 1. The van der Waals surface area contributed by atoms with E-state index in [1.807, 2.05) is 0 Å². The molecule has 1 N–H and O–H groups in total. The van der Waals surface area contributed by atoms with Gasteiger partial charge in [-0.1, -0.05) is 12.1 Å². The third kappa shape index (κ3) is 5.36. The van der Waals surface area contributed by atoms with Crippen LogP contribution < -0.4 is 5.32 Å². The lowest BCUT2D eigenvalue weighted by molar-refractivity contribution is -0.132. The first-order chi connectivity index (χ1) is 13.5. The van der Waals surface area contributed by atoms with Gasteiger partial charge in [0.1, 0.15) is 11.6 Å². The highest BCUT2D eigenvalue weighted by Crippen LogP contribution is 2.13. The number of benzene rings is 2. The van der Waals surface area contributed by atoms with Crippen LogP contribution in [0.2, 0.25) is 0 Å². The number of carbonyl (C=O) groups is 2.